The van der Waals surface area contributed by atoms with Crippen LogP contribution in [0, 0.1) is 0 Å². The van der Waals surface area contributed by atoms with Gasteiger partial charge in [0.15, 0.2) is 0 Å². The monoisotopic (exact) mass is 390 g/mol. The number of hydrogen-bond donors (Lipinski definition) is 1. The Morgan fingerprint density at radius 2 is 1.88 bits per heavy atom. The zero-order valence-electron chi connectivity index (χ0n) is 14.0. The van der Waals surface area contributed by atoms with Crippen LogP contribution in [0.2, 0.25) is 5.02 Å². The van der Waals surface area contributed by atoms with Crippen molar-refractivity contribution in [2.24, 2.45) is 14.1 Å². The van der Waals surface area contributed by atoms with Crippen LogP contribution in [0.3, 0.4) is 0 Å². The summed E-state index contributed by atoms with van der Waals surface area (Å²) in [6.07, 6.45) is 1.42. The van der Waals surface area contributed by atoms with E-state index in [4.69, 9.17) is 11.6 Å². The number of halogens is 1. The Balaban J connectivity index is 1.78. The first-order valence-corrected chi connectivity index (χ1v) is 8.97. The van der Waals surface area contributed by atoms with Crippen molar-refractivity contribution >= 4 is 46.0 Å². The number of hydrogen-bond acceptors (Lipinski definition) is 5. The Morgan fingerprint density at radius 3 is 2.58 bits per heavy atom. The third kappa shape index (κ3) is 3.66. The quantitative estimate of drug-likeness (QED) is 0.689. The van der Waals surface area contributed by atoms with Crippen LogP contribution in [-0.2, 0) is 18.9 Å². The average Bonchev–Trinajstić information content (AvgIpc) is 2.64. The van der Waals surface area contributed by atoms with E-state index in [1.54, 1.807) is 12.1 Å². The molecule has 9 heteroatoms. The Bertz CT molecular complexity index is 1110. The molecule has 1 N–H and O–H groups in total. The summed E-state index contributed by atoms with van der Waals surface area (Å²) in [5, 5.41) is 3.61. The molecule has 0 unspecified atom stereocenters. The lowest BCUT2D eigenvalue weighted by Crippen LogP contribution is -2.37. The molecule has 0 aliphatic rings. The van der Waals surface area contributed by atoms with Gasteiger partial charge >= 0.3 is 5.69 Å². The topological polar surface area (TPSA) is 86.0 Å². The third-order valence-corrected chi connectivity index (χ3v) is 5.02. The summed E-state index contributed by atoms with van der Waals surface area (Å²) < 4.78 is 2.30. The zero-order valence-corrected chi connectivity index (χ0v) is 15.6. The summed E-state index contributed by atoms with van der Waals surface area (Å²) in [6, 6.07) is 8.71. The number of anilines is 1. The number of nitrogens with one attached hydrogen (secondary N) is 1. The van der Waals surface area contributed by atoms with Crippen LogP contribution in [-0.4, -0.2) is 25.8 Å². The number of carbonyl (C=O) groups is 1. The molecule has 0 saturated heterocycles. The van der Waals surface area contributed by atoms with Gasteiger partial charge in [-0.2, -0.15) is 0 Å². The van der Waals surface area contributed by atoms with Crippen molar-refractivity contribution in [2.45, 2.75) is 4.90 Å². The lowest BCUT2D eigenvalue weighted by molar-refractivity contribution is -0.113. The van der Waals surface area contributed by atoms with Gasteiger partial charge < -0.3 is 5.32 Å². The van der Waals surface area contributed by atoms with E-state index >= 15 is 0 Å². The predicted molar refractivity (Wildman–Crippen MR) is 103 cm³/mol. The zero-order chi connectivity index (χ0) is 18.8. The molecule has 0 atom stereocenters. The van der Waals surface area contributed by atoms with Gasteiger partial charge in [0.1, 0.15) is 5.65 Å². The summed E-state index contributed by atoms with van der Waals surface area (Å²) in [6.45, 7) is 0. The summed E-state index contributed by atoms with van der Waals surface area (Å²) in [5.41, 5.74) is -0.241. The van der Waals surface area contributed by atoms with Gasteiger partial charge in [-0.05, 0) is 30.3 Å². The number of carbonyl (C=O) groups excluding carboxylic acids is 1. The highest BCUT2D eigenvalue weighted by Gasteiger charge is 2.11. The van der Waals surface area contributed by atoms with E-state index in [1.165, 1.54) is 42.7 Å². The molecule has 3 rings (SSSR count). The molecule has 2 heterocycles. The maximum atomic E-state index is 12.3. The van der Waals surface area contributed by atoms with E-state index in [2.05, 4.69) is 10.3 Å². The highest BCUT2D eigenvalue weighted by Crippen LogP contribution is 2.20. The van der Waals surface area contributed by atoms with Crippen molar-refractivity contribution in [1.82, 2.24) is 14.1 Å². The van der Waals surface area contributed by atoms with E-state index in [1.807, 2.05) is 12.1 Å². The van der Waals surface area contributed by atoms with Gasteiger partial charge in [0.25, 0.3) is 5.56 Å². The molecule has 0 saturated carbocycles. The number of benzene rings is 1. The van der Waals surface area contributed by atoms with Crippen molar-refractivity contribution in [2.75, 3.05) is 11.1 Å². The van der Waals surface area contributed by atoms with Gasteiger partial charge in [0.2, 0.25) is 5.91 Å². The first-order chi connectivity index (χ1) is 12.4. The maximum absolute atomic E-state index is 12.3. The minimum atomic E-state index is -0.456. The molecule has 1 amide bonds. The summed E-state index contributed by atoms with van der Waals surface area (Å²) >= 11 is 7.20. The lowest BCUT2D eigenvalue weighted by atomic mass is 10.3. The Labute approximate surface area is 157 Å². The van der Waals surface area contributed by atoms with E-state index < -0.39 is 11.2 Å². The number of thioether (sulfide) groups is 1. The van der Waals surface area contributed by atoms with Crippen LogP contribution >= 0.6 is 23.4 Å². The summed E-state index contributed by atoms with van der Waals surface area (Å²) in [7, 11) is 2.94. The normalized spacial score (nSPS) is 10.9. The molecule has 2 aromatic heterocycles. The first kappa shape index (κ1) is 18.2. The molecule has 0 aliphatic carbocycles. The smallest absolute Gasteiger partial charge is 0.324 e. The van der Waals surface area contributed by atoms with Crippen LogP contribution in [0.25, 0.3) is 11.0 Å². The number of amides is 1. The van der Waals surface area contributed by atoms with Gasteiger partial charge in [0, 0.05) is 24.0 Å². The van der Waals surface area contributed by atoms with Crippen LogP contribution < -0.4 is 16.6 Å². The molecule has 3 aromatic rings. The summed E-state index contributed by atoms with van der Waals surface area (Å²) in [5.74, 6) is -0.0296. The molecule has 1 aromatic carbocycles. The average molecular weight is 391 g/mol. The standard InChI is InChI=1S/C17H15ClN4O3S/c1-21-15-13(16(24)22(2)17(21)25)7-11(8-19-15)20-14(23)9-26-12-5-3-10(18)4-6-12/h3-8H,9H2,1-2H3,(H,20,23). The number of fused-ring (bicyclic) bond motifs is 1. The van der Waals surface area contributed by atoms with Crippen LogP contribution in [0.15, 0.2) is 51.0 Å². The molecular formula is C17H15ClN4O3S. The molecule has 0 spiro atoms. The predicted octanol–water partition coefficient (Wildman–Crippen LogP) is 2.02. The number of aromatic nitrogens is 3. The number of rotatable bonds is 4. The van der Waals surface area contributed by atoms with Crippen molar-refractivity contribution < 1.29 is 4.79 Å². The van der Waals surface area contributed by atoms with Gasteiger partial charge in [-0.3, -0.25) is 18.7 Å². The Morgan fingerprint density at radius 1 is 1.19 bits per heavy atom. The van der Waals surface area contributed by atoms with E-state index in [0.717, 1.165) is 9.46 Å². The fourth-order valence-corrected chi connectivity index (χ4v) is 3.23. The molecule has 0 fully saturated rings. The molecular weight excluding hydrogens is 376 g/mol. The lowest BCUT2D eigenvalue weighted by Gasteiger charge is -2.09. The minimum absolute atomic E-state index is 0.199. The first-order valence-electron chi connectivity index (χ1n) is 7.61. The van der Waals surface area contributed by atoms with E-state index in [0.29, 0.717) is 10.7 Å². The fraction of sp³-hybridized carbons (Fsp3) is 0.176. The van der Waals surface area contributed by atoms with E-state index in [-0.39, 0.29) is 22.7 Å². The number of nitrogens with zero attached hydrogens (tertiary/aromatic N) is 3. The Kier molecular flexibility index (Phi) is 5.15. The van der Waals surface area contributed by atoms with Crippen molar-refractivity contribution in [3.8, 4) is 0 Å². The van der Waals surface area contributed by atoms with Crippen molar-refractivity contribution in [3.63, 3.8) is 0 Å². The highest BCUT2D eigenvalue weighted by atomic mass is 35.5. The van der Waals surface area contributed by atoms with Gasteiger partial charge in [-0.25, -0.2) is 9.78 Å². The molecule has 7 nitrogen and oxygen atoms in total. The van der Waals surface area contributed by atoms with Crippen LogP contribution in [0.5, 0.6) is 0 Å². The summed E-state index contributed by atoms with van der Waals surface area (Å²) in [4.78, 5) is 41.4. The van der Waals surface area contributed by atoms with Crippen LogP contribution in [0.1, 0.15) is 0 Å². The second-order valence-electron chi connectivity index (χ2n) is 5.59. The third-order valence-electron chi connectivity index (χ3n) is 3.76. The van der Waals surface area contributed by atoms with Gasteiger partial charge in [-0.15, -0.1) is 11.8 Å². The maximum Gasteiger partial charge on any atom is 0.332 e. The fourth-order valence-electron chi connectivity index (χ4n) is 2.41. The van der Waals surface area contributed by atoms with Gasteiger partial charge in [0.05, 0.1) is 23.0 Å². The van der Waals surface area contributed by atoms with Crippen molar-refractivity contribution in [1.29, 1.82) is 0 Å². The number of aryl methyl sites for hydroxylation is 1. The molecule has 0 radical (unpaired) electrons. The largest absolute Gasteiger partial charge is 0.332 e. The van der Waals surface area contributed by atoms with E-state index in [9.17, 15) is 14.4 Å². The van der Waals surface area contributed by atoms with Crippen LogP contribution in [0.4, 0.5) is 5.69 Å². The van der Waals surface area contributed by atoms with Gasteiger partial charge in [-0.1, -0.05) is 11.6 Å². The highest BCUT2D eigenvalue weighted by molar-refractivity contribution is 8.00. The number of pyridine rings is 1. The molecule has 134 valence electrons. The SMILES string of the molecule is Cn1c(=O)c2cc(NC(=O)CSc3ccc(Cl)cc3)cnc2n(C)c1=O. The minimum Gasteiger partial charge on any atom is -0.324 e. The Hall–Kier alpha value is -2.58. The second-order valence-corrected chi connectivity index (χ2v) is 7.08. The van der Waals surface area contributed by atoms with Crippen molar-refractivity contribution in [3.05, 3.63) is 62.4 Å². The molecule has 0 aliphatic heterocycles. The molecule has 26 heavy (non-hydrogen) atoms. The molecule has 0 bridgehead atoms. The second kappa shape index (κ2) is 7.35.